The zero-order chi connectivity index (χ0) is 20.6. The van der Waals surface area contributed by atoms with Crippen LogP contribution in [0.4, 0.5) is 0 Å². The maximum absolute atomic E-state index is 12.9. The molecule has 6 heteroatoms. The van der Waals surface area contributed by atoms with E-state index in [1.807, 2.05) is 7.05 Å². The van der Waals surface area contributed by atoms with Crippen LogP contribution in [0, 0.1) is 12.3 Å². The number of hydrogen-bond donors (Lipinski definition) is 0. The number of carbonyl (C=O) groups is 1. The third-order valence-electron chi connectivity index (χ3n) is 7.05. The van der Waals surface area contributed by atoms with Crippen LogP contribution in [-0.2, 0) is 18.3 Å². The molecule has 0 radical (unpaired) electrons. The average Bonchev–Trinajstić information content (AvgIpc) is 3.28. The average molecular weight is 396 g/mol. The molecule has 0 saturated carbocycles. The summed E-state index contributed by atoms with van der Waals surface area (Å²) in [6.45, 7) is 10.4. The number of carbonyl (C=O) groups excluding carboxylic acids is 1. The van der Waals surface area contributed by atoms with E-state index < -0.39 is 0 Å². The van der Waals surface area contributed by atoms with Crippen LogP contribution < -0.4 is 0 Å². The Labute approximate surface area is 173 Å². The third kappa shape index (κ3) is 3.95. The Kier molecular flexibility index (Phi) is 5.47. The minimum atomic E-state index is 0.186. The second-order valence-electron chi connectivity index (χ2n) is 9.28. The maximum atomic E-state index is 12.9. The highest BCUT2D eigenvalue weighted by molar-refractivity contribution is 5.78. The molecule has 0 aliphatic carbocycles. The number of aromatic nitrogens is 3. The first-order valence-electron chi connectivity index (χ1n) is 10.8. The molecule has 2 fully saturated rings. The lowest BCUT2D eigenvalue weighted by molar-refractivity contribution is -0.132. The van der Waals surface area contributed by atoms with Crippen LogP contribution in [0.25, 0.3) is 0 Å². The van der Waals surface area contributed by atoms with Crippen LogP contribution in [-0.4, -0.2) is 62.7 Å². The largest absolute Gasteiger partial charge is 0.342 e. The molecule has 1 atom stereocenters. The van der Waals surface area contributed by atoms with E-state index in [0.29, 0.717) is 18.4 Å². The highest BCUT2D eigenvalue weighted by Gasteiger charge is 2.51. The van der Waals surface area contributed by atoms with Gasteiger partial charge in [0.25, 0.3) is 0 Å². The van der Waals surface area contributed by atoms with Gasteiger partial charge in [0.1, 0.15) is 12.2 Å². The minimum Gasteiger partial charge on any atom is -0.342 e. The number of likely N-dealkylation sites (tertiary alicyclic amines) is 2. The lowest BCUT2D eigenvalue weighted by Crippen LogP contribution is -2.47. The molecule has 2 aliphatic rings. The Balaban J connectivity index is 1.46. The molecule has 2 aromatic rings. The van der Waals surface area contributed by atoms with Crippen molar-refractivity contribution in [2.75, 3.05) is 26.2 Å². The molecule has 0 bridgehead atoms. The van der Waals surface area contributed by atoms with E-state index in [9.17, 15) is 4.79 Å². The van der Waals surface area contributed by atoms with Gasteiger partial charge in [0.15, 0.2) is 0 Å². The SMILES string of the molecule is Cc1ccc(CC(=O)N2CCC3(CC2)CN(C(C)C)CC3c2nncn2C)cc1. The van der Waals surface area contributed by atoms with Gasteiger partial charge < -0.3 is 9.47 Å². The zero-order valence-corrected chi connectivity index (χ0v) is 18.1. The van der Waals surface area contributed by atoms with Crippen molar-refractivity contribution < 1.29 is 4.79 Å². The number of piperidine rings is 1. The smallest absolute Gasteiger partial charge is 0.226 e. The molecule has 1 unspecified atom stereocenters. The van der Waals surface area contributed by atoms with E-state index in [-0.39, 0.29) is 11.3 Å². The lowest BCUT2D eigenvalue weighted by atomic mass is 9.70. The summed E-state index contributed by atoms with van der Waals surface area (Å²) in [5.41, 5.74) is 2.52. The first-order valence-corrected chi connectivity index (χ1v) is 10.8. The summed E-state index contributed by atoms with van der Waals surface area (Å²) in [5, 5.41) is 8.60. The van der Waals surface area contributed by atoms with Gasteiger partial charge in [0.05, 0.1) is 6.42 Å². The van der Waals surface area contributed by atoms with Gasteiger partial charge in [-0.3, -0.25) is 9.69 Å². The van der Waals surface area contributed by atoms with Crippen LogP contribution in [0.2, 0.25) is 0 Å². The normalized spacial score (nSPS) is 22.0. The fourth-order valence-electron chi connectivity index (χ4n) is 5.06. The Morgan fingerprint density at radius 3 is 2.48 bits per heavy atom. The highest BCUT2D eigenvalue weighted by atomic mass is 16.2. The van der Waals surface area contributed by atoms with Crippen molar-refractivity contribution in [3.05, 3.63) is 47.5 Å². The van der Waals surface area contributed by atoms with Crippen LogP contribution in [0.5, 0.6) is 0 Å². The molecular formula is C23H33N5O. The van der Waals surface area contributed by atoms with Gasteiger partial charge in [-0.2, -0.15) is 0 Å². The van der Waals surface area contributed by atoms with Crippen LogP contribution >= 0.6 is 0 Å². The number of hydrogen-bond acceptors (Lipinski definition) is 4. The lowest BCUT2D eigenvalue weighted by Gasteiger charge is -2.42. The summed E-state index contributed by atoms with van der Waals surface area (Å²) >= 11 is 0. The third-order valence-corrected chi connectivity index (χ3v) is 7.05. The number of aryl methyl sites for hydroxylation is 2. The van der Waals surface area contributed by atoms with Crippen molar-refractivity contribution in [2.45, 2.75) is 52.0 Å². The minimum absolute atomic E-state index is 0.186. The van der Waals surface area contributed by atoms with Gasteiger partial charge >= 0.3 is 0 Å². The van der Waals surface area contributed by atoms with Crippen LogP contribution in [0.1, 0.15) is 49.6 Å². The quantitative estimate of drug-likeness (QED) is 0.799. The molecule has 4 rings (SSSR count). The number of benzene rings is 1. The summed E-state index contributed by atoms with van der Waals surface area (Å²) in [6, 6.07) is 8.82. The zero-order valence-electron chi connectivity index (χ0n) is 18.1. The summed E-state index contributed by atoms with van der Waals surface area (Å²) in [5.74, 6) is 1.72. The fraction of sp³-hybridized carbons (Fsp3) is 0.609. The summed E-state index contributed by atoms with van der Waals surface area (Å²) in [6.07, 6.45) is 4.38. The molecule has 2 saturated heterocycles. The van der Waals surface area contributed by atoms with Gasteiger partial charge in [0.2, 0.25) is 5.91 Å². The molecule has 1 spiro atoms. The second-order valence-corrected chi connectivity index (χ2v) is 9.28. The van der Waals surface area contributed by atoms with Crippen LogP contribution in [0.3, 0.4) is 0 Å². The predicted octanol–water partition coefficient (Wildman–Crippen LogP) is 2.78. The fourth-order valence-corrected chi connectivity index (χ4v) is 5.06. The first-order chi connectivity index (χ1) is 13.9. The molecule has 3 heterocycles. The van der Waals surface area contributed by atoms with Crippen molar-refractivity contribution in [3.8, 4) is 0 Å². The van der Waals surface area contributed by atoms with Crippen LogP contribution in [0.15, 0.2) is 30.6 Å². The van der Waals surface area contributed by atoms with E-state index in [1.54, 1.807) is 6.33 Å². The summed E-state index contributed by atoms with van der Waals surface area (Å²) in [7, 11) is 2.04. The van der Waals surface area contributed by atoms with Gasteiger partial charge in [-0.15, -0.1) is 10.2 Å². The topological polar surface area (TPSA) is 54.3 Å². The summed E-state index contributed by atoms with van der Waals surface area (Å²) < 4.78 is 2.07. The Morgan fingerprint density at radius 2 is 1.90 bits per heavy atom. The Hall–Kier alpha value is -2.21. The summed E-state index contributed by atoms with van der Waals surface area (Å²) in [4.78, 5) is 17.5. The Bertz CT molecular complexity index is 848. The van der Waals surface area contributed by atoms with Crippen molar-refractivity contribution >= 4 is 5.91 Å². The molecule has 1 aromatic carbocycles. The molecule has 6 nitrogen and oxygen atoms in total. The van der Waals surface area contributed by atoms with E-state index in [1.165, 1.54) is 5.56 Å². The van der Waals surface area contributed by atoms with E-state index in [2.05, 4.69) is 69.6 Å². The molecule has 0 N–H and O–H groups in total. The standard InChI is InChI=1S/C23H33N5O/c1-17(2)28-14-20(22-25-24-16-26(22)4)23(15-28)9-11-27(12-10-23)21(29)13-19-7-5-18(3)6-8-19/h5-8,16-17,20H,9-15H2,1-4H3. The molecule has 156 valence electrons. The van der Waals surface area contributed by atoms with Gasteiger partial charge in [-0.25, -0.2) is 0 Å². The van der Waals surface area contributed by atoms with Gasteiger partial charge in [0, 0.05) is 45.2 Å². The van der Waals surface area contributed by atoms with Gasteiger partial charge in [-0.1, -0.05) is 29.8 Å². The van der Waals surface area contributed by atoms with Crippen molar-refractivity contribution in [2.24, 2.45) is 12.5 Å². The number of rotatable bonds is 4. The molecular weight excluding hydrogens is 362 g/mol. The highest BCUT2D eigenvalue weighted by Crippen LogP contribution is 2.49. The van der Waals surface area contributed by atoms with Crippen molar-refractivity contribution in [3.63, 3.8) is 0 Å². The Morgan fingerprint density at radius 1 is 1.21 bits per heavy atom. The molecule has 1 amide bonds. The van der Waals surface area contributed by atoms with Crippen molar-refractivity contribution in [1.82, 2.24) is 24.6 Å². The predicted molar refractivity (Wildman–Crippen MR) is 114 cm³/mol. The van der Waals surface area contributed by atoms with E-state index in [0.717, 1.165) is 50.4 Å². The molecule has 29 heavy (non-hydrogen) atoms. The second kappa shape index (κ2) is 7.90. The number of nitrogens with zero attached hydrogens (tertiary/aromatic N) is 5. The monoisotopic (exact) mass is 395 g/mol. The first kappa shape index (κ1) is 20.1. The van der Waals surface area contributed by atoms with Crippen molar-refractivity contribution in [1.29, 1.82) is 0 Å². The van der Waals surface area contributed by atoms with E-state index in [4.69, 9.17) is 0 Å². The molecule has 1 aromatic heterocycles. The number of amides is 1. The van der Waals surface area contributed by atoms with Gasteiger partial charge in [-0.05, 0) is 44.6 Å². The van der Waals surface area contributed by atoms with E-state index >= 15 is 0 Å². The maximum Gasteiger partial charge on any atom is 0.226 e. The molecule has 2 aliphatic heterocycles.